The molecule has 0 saturated heterocycles. The van der Waals surface area contributed by atoms with Crippen molar-refractivity contribution < 1.29 is 14.3 Å². The maximum Gasteiger partial charge on any atom is 0.338 e. The zero-order chi connectivity index (χ0) is 24.0. The van der Waals surface area contributed by atoms with E-state index in [4.69, 9.17) is 10.5 Å². The lowest BCUT2D eigenvalue weighted by Gasteiger charge is -2.16. The summed E-state index contributed by atoms with van der Waals surface area (Å²) in [5.41, 5.74) is 6.41. The largest absolute Gasteiger partial charge is 0.462 e. The topological polar surface area (TPSA) is 125 Å². The number of aromatic nitrogens is 2. The molecule has 172 valence electrons. The standard InChI is InChI=1S/C24H26N4O5/c1-3-27-22(30)20(21(25)28(24(27)32)15-16-8-6-5-7-9-16)19(29)14-26-18-12-10-17(11-13-18)23(31)33-4-2/h5-13,26H,3-4,14-15,25H2,1-2H3. The van der Waals surface area contributed by atoms with E-state index < -0.39 is 23.0 Å². The number of hydrogen-bond donors (Lipinski definition) is 2. The fourth-order valence-corrected chi connectivity index (χ4v) is 3.38. The zero-order valence-corrected chi connectivity index (χ0v) is 18.5. The lowest BCUT2D eigenvalue weighted by molar-refractivity contribution is 0.0526. The van der Waals surface area contributed by atoms with Crippen molar-refractivity contribution in [2.45, 2.75) is 26.9 Å². The summed E-state index contributed by atoms with van der Waals surface area (Å²) in [5, 5.41) is 2.92. The van der Waals surface area contributed by atoms with Crippen LogP contribution in [-0.4, -0.2) is 34.0 Å². The van der Waals surface area contributed by atoms with Crippen LogP contribution in [0.3, 0.4) is 0 Å². The molecular weight excluding hydrogens is 424 g/mol. The summed E-state index contributed by atoms with van der Waals surface area (Å²) in [5.74, 6) is -1.15. The average Bonchev–Trinajstić information content (AvgIpc) is 2.82. The fraction of sp³-hybridized carbons (Fsp3) is 0.250. The number of nitrogens with one attached hydrogen (secondary N) is 1. The summed E-state index contributed by atoms with van der Waals surface area (Å²) in [4.78, 5) is 50.4. The number of anilines is 2. The van der Waals surface area contributed by atoms with Crippen LogP contribution in [0.15, 0.2) is 64.2 Å². The van der Waals surface area contributed by atoms with Crippen molar-refractivity contribution in [2.24, 2.45) is 0 Å². The number of carbonyl (C=O) groups is 2. The molecule has 0 unspecified atom stereocenters. The molecule has 0 aliphatic carbocycles. The quantitative estimate of drug-likeness (QED) is 0.378. The molecule has 9 heteroatoms. The Hall–Kier alpha value is -4.14. The van der Waals surface area contributed by atoms with Gasteiger partial charge in [-0.15, -0.1) is 0 Å². The average molecular weight is 450 g/mol. The molecule has 2 aromatic carbocycles. The molecule has 3 aromatic rings. The van der Waals surface area contributed by atoms with E-state index in [1.54, 1.807) is 38.1 Å². The molecule has 0 aliphatic rings. The molecule has 9 nitrogen and oxygen atoms in total. The van der Waals surface area contributed by atoms with Crippen LogP contribution < -0.4 is 22.3 Å². The second-order valence-electron chi connectivity index (χ2n) is 7.24. The van der Waals surface area contributed by atoms with Gasteiger partial charge in [-0.1, -0.05) is 30.3 Å². The zero-order valence-electron chi connectivity index (χ0n) is 18.5. The van der Waals surface area contributed by atoms with Crippen LogP contribution in [0, 0.1) is 0 Å². The first kappa shape index (κ1) is 23.5. The molecule has 0 spiro atoms. The minimum Gasteiger partial charge on any atom is -0.462 e. The Labute approximate surface area is 190 Å². The lowest BCUT2D eigenvalue weighted by atomic mass is 10.1. The molecule has 3 N–H and O–H groups in total. The summed E-state index contributed by atoms with van der Waals surface area (Å²) in [6.07, 6.45) is 0. The van der Waals surface area contributed by atoms with E-state index in [0.29, 0.717) is 11.3 Å². The molecule has 3 rings (SSSR count). The monoisotopic (exact) mass is 450 g/mol. The third-order valence-electron chi connectivity index (χ3n) is 5.10. The Bertz CT molecular complexity index is 1260. The molecular formula is C24H26N4O5. The van der Waals surface area contributed by atoms with Gasteiger partial charge in [-0.3, -0.25) is 18.7 Å². The molecule has 0 fully saturated rings. The number of Topliss-reactive ketones (excluding diaryl/α,β-unsaturated/α-hetero) is 1. The van der Waals surface area contributed by atoms with Gasteiger partial charge in [-0.25, -0.2) is 9.59 Å². The van der Waals surface area contributed by atoms with Gasteiger partial charge in [-0.2, -0.15) is 0 Å². The number of ketones is 1. The van der Waals surface area contributed by atoms with Gasteiger partial charge in [0.25, 0.3) is 5.56 Å². The van der Waals surface area contributed by atoms with Crippen LogP contribution in [0.5, 0.6) is 0 Å². The molecule has 33 heavy (non-hydrogen) atoms. The number of nitrogens with two attached hydrogens (primary N) is 1. The highest BCUT2D eigenvalue weighted by Crippen LogP contribution is 2.13. The number of esters is 1. The summed E-state index contributed by atoms with van der Waals surface area (Å²) < 4.78 is 7.18. The second kappa shape index (κ2) is 10.4. The van der Waals surface area contributed by atoms with Gasteiger partial charge in [0.05, 0.1) is 25.3 Å². The van der Waals surface area contributed by atoms with E-state index in [1.807, 2.05) is 30.3 Å². The van der Waals surface area contributed by atoms with E-state index >= 15 is 0 Å². The van der Waals surface area contributed by atoms with Gasteiger partial charge in [0.15, 0.2) is 5.78 Å². The number of rotatable bonds is 9. The summed E-state index contributed by atoms with van der Waals surface area (Å²) >= 11 is 0. The van der Waals surface area contributed by atoms with Crippen LogP contribution in [0.1, 0.15) is 40.1 Å². The minimum absolute atomic E-state index is 0.107. The first-order chi connectivity index (χ1) is 15.9. The summed E-state index contributed by atoms with van der Waals surface area (Å²) in [6.45, 7) is 3.68. The fourth-order valence-electron chi connectivity index (χ4n) is 3.38. The Kier molecular flexibility index (Phi) is 7.45. The van der Waals surface area contributed by atoms with Gasteiger partial charge >= 0.3 is 11.7 Å². The van der Waals surface area contributed by atoms with Crippen LogP contribution >= 0.6 is 0 Å². The van der Waals surface area contributed by atoms with Gasteiger partial charge in [-0.05, 0) is 43.7 Å². The molecule has 0 amide bonds. The Morgan fingerprint density at radius 3 is 2.24 bits per heavy atom. The van der Waals surface area contributed by atoms with Crippen molar-refractivity contribution >= 4 is 23.3 Å². The van der Waals surface area contributed by atoms with Crippen molar-refractivity contribution in [2.75, 3.05) is 24.2 Å². The SMILES string of the molecule is CCOC(=O)c1ccc(NCC(=O)c2c(N)n(Cc3ccccc3)c(=O)n(CC)c2=O)cc1. The van der Waals surface area contributed by atoms with E-state index in [0.717, 1.165) is 10.1 Å². The molecule has 0 atom stereocenters. The maximum absolute atomic E-state index is 13.0. The maximum atomic E-state index is 13.0. The van der Waals surface area contributed by atoms with Crippen LogP contribution in [0.2, 0.25) is 0 Å². The minimum atomic E-state index is -0.714. The van der Waals surface area contributed by atoms with Crippen molar-refractivity contribution in [1.29, 1.82) is 0 Å². The molecule has 0 radical (unpaired) electrons. The third-order valence-corrected chi connectivity index (χ3v) is 5.10. The number of nitrogen functional groups attached to an aromatic ring is 1. The van der Waals surface area contributed by atoms with E-state index in [2.05, 4.69) is 5.32 Å². The highest BCUT2D eigenvalue weighted by molar-refractivity contribution is 6.02. The number of ether oxygens (including phenoxy) is 1. The third kappa shape index (κ3) is 5.20. The molecule has 1 heterocycles. The number of nitrogens with zero attached hydrogens (tertiary/aromatic N) is 2. The van der Waals surface area contributed by atoms with Gasteiger partial charge in [0, 0.05) is 12.2 Å². The second-order valence-corrected chi connectivity index (χ2v) is 7.24. The van der Waals surface area contributed by atoms with E-state index in [-0.39, 0.29) is 37.6 Å². The lowest BCUT2D eigenvalue weighted by Crippen LogP contribution is -2.44. The molecule has 0 saturated carbocycles. The summed E-state index contributed by atoms with van der Waals surface area (Å²) in [6, 6.07) is 15.6. The molecule has 0 aliphatic heterocycles. The predicted octanol–water partition coefficient (Wildman–Crippen LogP) is 2.13. The first-order valence-electron chi connectivity index (χ1n) is 10.6. The normalized spacial score (nSPS) is 10.6. The van der Waals surface area contributed by atoms with Crippen molar-refractivity contribution in [3.63, 3.8) is 0 Å². The first-order valence-corrected chi connectivity index (χ1v) is 10.6. The van der Waals surface area contributed by atoms with E-state index in [1.165, 1.54) is 4.57 Å². The van der Waals surface area contributed by atoms with Gasteiger partial charge in [0.2, 0.25) is 0 Å². The smallest absolute Gasteiger partial charge is 0.338 e. The van der Waals surface area contributed by atoms with Crippen molar-refractivity contribution in [3.05, 3.63) is 92.1 Å². The Morgan fingerprint density at radius 2 is 1.64 bits per heavy atom. The van der Waals surface area contributed by atoms with Crippen LogP contribution in [0.25, 0.3) is 0 Å². The summed E-state index contributed by atoms with van der Waals surface area (Å²) in [7, 11) is 0. The number of carbonyl (C=O) groups excluding carboxylic acids is 2. The van der Waals surface area contributed by atoms with Crippen LogP contribution in [-0.2, 0) is 17.8 Å². The number of hydrogen-bond acceptors (Lipinski definition) is 7. The van der Waals surface area contributed by atoms with Crippen molar-refractivity contribution in [1.82, 2.24) is 9.13 Å². The number of benzene rings is 2. The highest BCUT2D eigenvalue weighted by atomic mass is 16.5. The predicted molar refractivity (Wildman–Crippen MR) is 126 cm³/mol. The van der Waals surface area contributed by atoms with Gasteiger partial charge in [0.1, 0.15) is 11.4 Å². The van der Waals surface area contributed by atoms with E-state index in [9.17, 15) is 19.2 Å². The van der Waals surface area contributed by atoms with Gasteiger partial charge < -0.3 is 15.8 Å². The Morgan fingerprint density at radius 1 is 0.970 bits per heavy atom. The molecule has 1 aromatic heterocycles. The molecule has 0 bridgehead atoms. The highest BCUT2D eigenvalue weighted by Gasteiger charge is 2.22. The van der Waals surface area contributed by atoms with Crippen LogP contribution in [0.4, 0.5) is 11.5 Å². The Balaban J connectivity index is 1.86. The van der Waals surface area contributed by atoms with Crippen molar-refractivity contribution in [3.8, 4) is 0 Å².